The Labute approximate surface area is 82.9 Å². The molecule has 0 aromatic heterocycles. The second kappa shape index (κ2) is 4.01. The quantitative estimate of drug-likeness (QED) is 0.669. The lowest BCUT2D eigenvalue weighted by Crippen LogP contribution is -2.11. The first-order valence-electron chi connectivity index (χ1n) is 3.67. The van der Waals surface area contributed by atoms with Crippen LogP contribution in [-0.4, -0.2) is 14.1 Å². The van der Waals surface area contributed by atoms with Crippen LogP contribution in [0.25, 0.3) is 0 Å². The molecule has 12 heavy (non-hydrogen) atoms. The number of rotatable bonds is 2. The number of para-hydroxylation sites is 1. The van der Waals surface area contributed by atoms with E-state index in [0.29, 0.717) is 5.88 Å². The van der Waals surface area contributed by atoms with Gasteiger partial charge in [0, 0.05) is 20.0 Å². The summed E-state index contributed by atoms with van der Waals surface area (Å²) < 4.78 is 0. The van der Waals surface area contributed by atoms with Gasteiger partial charge in [0.15, 0.2) is 0 Å². The lowest BCUT2D eigenvalue weighted by molar-refractivity contribution is 1.11. The van der Waals surface area contributed by atoms with Gasteiger partial charge in [0.25, 0.3) is 0 Å². The maximum Gasteiger partial charge on any atom is 0.0642 e. The Morgan fingerprint density at radius 2 is 2.00 bits per heavy atom. The van der Waals surface area contributed by atoms with Crippen LogP contribution in [0.4, 0.5) is 5.69 Å². The van der Waals surface area contributed by atoms with Crippen molar-refractivity contribution < 1.29 is 0 Å². The minimum absolute atomic E-state index is 0.494. The number of nitrogens with zero attached hydrogens (tertiary/aromatic N) is 1. The van der Waals surface area contributed by atoms with Gasteiger partial charge in [0.2, 0.25) is 0 Å². The second-order valence-electron chi connectivity index (χ2n) is 2.78. The third-order valence-electron chi connectivity index (χ3n) is 1.66. The van der Waals surface area contributed by atoms with Crippen LogP contribution in [0, 0.1) is 0 Å². The molecule has 66 valence electrons. The van der Waals surface area contributed by atoms with Gasteiger partial charge in [0.1, 0.15) is 0 Å². The predicted molar refractivity (Wildman–Crippen MR) is 55.3 cm³/mol. The minimum Gasteiger partial charge on any atom is -0.376 e. The van der Waals surface area contributed by atoms with Gasteiger partial charge < -0.3 is 4.90 Å². The summed E-state index contributed by atoms with van der Waals surface area (Å²) in [5.74, 6) is 0.494. The standard InChI is InChI=1S/C9H11Cl2N/c1-12(2)9-7(6-10)4-3-5-8(9)11/h3-5H,6H2,1-2H3. The highest BCUT2D eigenvalue weighted by Gasteiger charge is 2.06. The molecule has 1 aromatic carbocycles. The molecule has 0 radical (unpaired) electrons. The van der Waals surface area contributed by atoms with Gasteiger partial charge in [-0.05, 0) is 11.6 Å². The molecule has 0 unspecified atom stereocenters. The van der Waals surface area contributed by atoms with Crippen molar-refractivity contribution in [3.63, 3.8) is 0 Å². The number of hydrogen-bond donors (Lipinski definition) is 0. The molecule has 0 bridgehead atoms. The van der Waals surface area contributed by atoms with Crippen molar-refractivity contribution in [2.45, 2.75) is 5.88 Å². The third-order valence-corrected chi connectivity index (χ3v) is 2.25. The Kier molecular flexibility index (Phi) is 3.24. The van der Waals surface area contributed by atoms with E-state index in [2.05, 4.69) is 0 Å². The van der Waals surface area contributed by atoms with Crippen molar-refractivity contribution in [3.05, 3.63) is 28.8 Å². The number of hydrogen-bond acceptors (Lipinski definition) is 1. The first-order valence-corrected chi connectivity index (χ1v) is 4.58. The van der Waals surface area contributed by atoms with E-state index in [1.165, 1.54) is 0 Å². The van der Waals surface area contributed by atoms with E-state index in [1.54, 1.807) is 0 Å². The molecule has 0 aliphatic rings. The van der Waals surface area contributed by atoms with Crippen LogP contribution in [0.3, 0.4) is 0 Å². The van der Waals surface area contributed by atoms with Crippen molar-refractivity contribution in [1.82, 2.24) is 0 Å². The zero-order valence-electron chi connectivity index (χ0n) is 7.14. The van der Waals surface area contributed by atoms with E-state index in [1.807, 2.05) is 37.2 Å². The Hall–Kier alpha value is -0.400. The molecular formula is C9H11Cl2N. The fourth-order valence-electron chi connectivity index (χ4n) is 1.17. The molecular weight excluding hydrogens is 193 g/mol. The normalized spacial score (nSPS) is 10.0. The van der Waals surface area contributed by atoms with E-state index < -0.39 is 0 Å². The van der Waals surface area contributed by atoms with Gasteiger partial charge in [-0.3, -0.25) is 0 Å². The van der Waals surface area contributed by atoms with Crippen LogP contribution < -0.4 is 4.90 Å². The van der Waals surface area contributed by atoms with E-state index >= 15 is 0 Å². The zero-order valence-corrected chi connectivity index (χ0v) is 8.65. The van der Waals surface area contributed by atoms with Crippen molar-refractivity contribution in [2.24, 2.45) is 0 Å². The molecule has 0 aliphatic heterocycles. The second-order valence-corrected chi connectivity index (χ2v) is 3.45. The van der Waals surface area contributed by atoms with E-state index in [9.17, 15) is 0 Å². The third kappa shape index (κ3) is 1.85. The summed E-state index contributed by atoms with van der Waals surface area (Å²) in [5, 5.41) is 0.748. The number of anilines is 1. The topological polar surface area (TPSA) is 3.24 Å². The highest BCUT2D eigenvalue weighted by atomic mass is 35.5. The predicted octanol–water partition coefficient (Wildman–Crippen LogP) is 3.14. The van der Waals surface area contributed by atoms with Gasteiger partial charge in [-0.2, -0.15) is 0 Å². The van der Waals surface area contributed by atoms with Gasteiger partial charge in [-0.1, -0.05) is 23.7 Å². The summed E-state index contributed by atoms with van der Waals surface area (Å²) in [6.45, 7) is 0. The molecule has 0 amide bonds. The van der Waals surface area contributed by atoms with Crippen LogP contribution in [-0.2, 0) is 5.88 Å². The summed E-state index contributed by atoms with van der Waals surface area (Å²) in [4.78, 5) is 1.97. The molecule has 0 saturated carbocycles. The zero-order chi connectivity index (χ0) is 9.14. The fourth-order valence-corrected chi connectivity index (χ4v) is 1.75. The van der Waals surface area contributed by atoms with E-state index in [0.717, 1.165) is 16.3 Å². The summed E-state index contributed by atoms with van der Waals surface area (Å²) in [6.07, 6.45) is 0. The Morgan fingerprint density at radius 1 is 1.33 bits per heavy atom. The van der Waals surface area contributed by atoms with Gasteiger partial charge in [-0.25, -0.2) is 0 Å². The van der Waals surface area contributed by atoms with Crippen LogP contribution in [0.5, 0.6) is 0 Å². The van der Waals surface area contributed by atoms with Crippen LogP contribution in [0.2, 0.25) is 5.02 Å². The maximum atomic E-state index is 6.00. The summed E-state index contributed by atoms with van der Waals surface area (Å²) >= 11 is 11.8. The molecule has 0 saturated heterocycles. The lowest BCUT2D eigenvalue weighted by Gasteiger charge is -2.17. The number of alkyl halides is 1. The first-order chi connectivity index (χ1) is 5.66. The maximum absolute atomic E-state index is 6.00. The molecule has 0 atom stereocenters. The van der Waals surface area contributed by atoms with Crippen molar-refractivity contribution in [3.8, 4) is 0 Å². The van der Waals surface area contributed by atoms with Crippen molar-refractivity contribution in [1.29, 1.82) is 0 Å². The lowest BCUT2D eigenvalue weighted by atomic mass is 10.2. The molecule has 0 N–H and O–H groups in total. The molecule has 1 aromatic rings. The van der Waals surface area contributed by atoms with E-state index in [-0.39, 0.29) is 0 Å². The van der Waals surface area contributed by atoms with Gasteiger partial charge in [0.05, 0.1) is 10.7 Å². The largest absolute Gasteiger partial charge is 0.376 e. The Morgan fingerprint density at radius 3 is 2.42 bits per heavy atom. The van der Waals surface area contributed by atoms with Crippen molar-refractivity contribution in [2.75, 3.05) is 19.0 Å². The van der Waals surface area contributed by atoms with Gasteiger partial charge >= 0.3 is 0 Å². The van der Waals surface area contributed by atoms with E-state index in [4.69, 9.17) is 23.2 Å². The molecule has 3 heteroatoms. The Bertz CT molecular complexity index is 271. The molecule has 0 spiro atoms. The Balaban J connectivity index is 3.20. The highest BCUT2D eigenvalue weighted by molar-refractivity contribution is 6.33. The molecule has 0 heterocycles. The average Bonchev–Trinajstić information content (AvgIpc) is 2.03. The summed E-state index contributed by atoms with van der Waals surface area (Å²) in [5.41, 5.74) is 2.07. The number of halogens is 2. The van der Waals surface area contributed by atoms with Crippen LogP contribution >= 0.6 is 23.2 Å². The monoisotopic (exact) mass is 203 g/mol. The smallest absolute Gasteiger partial charge is 0.0642 e. The van der Waals surface area contributed by atoms with Crippen LogP contribution in [0.1, 0.15) is 5.56 Å². The highest BCUT2D eigenvalue weighted by Crippen LogP contribution is 2.29. The van der Waals surface area contributed by atoms with Crippen LogP contribution in [0.15, 0.2) is 18.2 Å². The summed E-state index contributed by atoms with van der Waals surface area (Å²) in [6, 6.07) is 5.76. The fraction of sp³-hybridized carbons (Fsp3) is 0.333. The number of benzene rings is 1. The molecule has 1 rings (SSSR count). The molecule has 0 fully saturated rings. The van der Waals surface area contributed by atoms with Crippen molar-refractivity contribution >= 4 is 28.9 Å². The molecule has 0 aliphatic carbocycles. The summed E-state index contributed by atoms with van der Waals surface area (Å²) in [7, 11) is 3.91. The molecule has 1 nitrogen and oxygen atoms in total. The van der Waals surface area contributed by atoms with Gasteiger partial charge in [-0.15, -0.1) is 11.6 Å². The minimum atomic E-state index is 0.494. The average molecular weight is 204 g/mol. The SMILES string of the molecule is CN(C)c1c(Cl)cccc1CCl. The first kappa shape index (κ1) is 9.69.